The van der Waals surface area contributed by atoms with Crippen LogP contribution in [0.4, 0.5) is 5.69 Å². The number of methoxy groups -OCH3 is 1. The van der Waals surface area contributed by atoms with Gasteiger partial charge in [0.25, 0.3) is 0 Å². The van der Waals surface area contributed by atoms with Crippen LogP contribution in [-0.2, 0) is 0 Å². The summed E-state index contributed by atoms with van der Waals surface area (Å²) in [5, 5.41) is 4.44. The largest absolute Gasteiger partial charge is 0.496 e. The molecule has 20 heavy (non-hydrogen) atoms. The lowest BCUT2D eigenvalue weighted by atomic mass is 10.1. The van der Waals surface area contributed by atoms with Crippen LogP contribution in [0, 0.1) is 13.8 Å². The number of benzene rings is 2. The number of hydrogen-bond donors (Lipinski definition) is 1. The Hall–Kier alpha value is -2.29. The molecule has 3 nitrogen and oxygen atoms in total. The number of hydrogen-bond acceptors (Lipinski definition) is 3. The molecule has 0 atom stereocenters. The van der Waals surface area contributed by atoms with Crippen LogP contribution < -0.4 is 10.2 Å². The van der Waals surface area contributed by atoms with Crippen LogP contribution in [0.3, 0.4) is 0 Å². The van der Waals surface area contributed by atoms with Crippen molar-refractivity contribution in [2.45, 2.75) is 20.8 Å². The number of nitrogens with zero attached hydrogens (tertiary/aromatic N) is 1. The predicted molar refractivity (Wildman–Crippen MR) is 84.7 cm³/mol. The number of ether oxygens (including phenoxy) is 1. The lowest BCUT2D eigenvalue weighted by Gasteiger charge is -2.10. The summed E-state index contributed by atoms with van der Waals surface area (Å²) in [4.78, 5) is 0. The molecule has 3 heteroatoms. The van der Waals surface area contributed by atoms with E-state index in [4.69, 9.17) is 4.74 Å². The third kappa shape index (κ3) is 3.38. The van der Waals surface area contributed by atoms with E-state index < -0.39 is 0 Å². The molecular weight excluding hydrogens is 248 g/mol. The van der Waals surface area contributed by atoms with Gasteiger partial charge < -0.3 is 4.74 Å². The van der Waals surface area contributed by atoms with Gasteiger partial charge >= 0.3 is 0 Å². The molecule has 0 saturated heterocycles. The van der Waals surface area contributed by atoms with E-state index >= 15 is 0 Å². The van der Waals surface area contributed by atoms with Gasteiger partial charge in [0, 0.05) is 5.56 Å². The topological polar surface area (TPSA) is 33.6 Å². The summed E-state index contributed by atoms with van der Waals surface area (Å²) < 4.78 is 5.38. The van der Waals surface area contributed by atoms with Crippen LogP contribution in [0.25, 0.3) is 0 Å². The molecule has 0 fully saturated rings. The lowest BCUT2D eigenvalue weighted by Crippen LogP contribution is -2.03. The number of aryl methyl sites for hydroxylation is 2. The van der Waals surface area contributed by atoms with Crippen LogP contribution in [0.2, 0.25) is 0 Å². The van der Waals surface area contributed by atoms with Gasteiger partial charge in [-0.15, -0.1) is 0 Å². The van der Waals surface area contributed by atoms with Gasteiger partial charge in [0.05, 0.1) is 18.5 Å². The summed E-state index contributed by atoms with van der Waals surface area (Å²) >= 11 is 0. The van der Waals surface area contributed by atoms with Crippen molar-refractivity contribution in [3.8, 4) is 5.75 Å². The van der Waals surface area contributed by atoms with E-state index in [1.54, 1.807) is 7.11 Å². The third-order valence-electron chi connectivity index (χ3n) is 3.12. The highest BCUT2D eigenvalue weighted by molar-refractivity contribution is 6.01. The Labute approximate surface area is 120 Å². The molecule has 0 amide bonds. The highest BCUT2D eigenvalue weighted by atomic mass is 16.5. The minimum Gasteiger partial charge on any atom is -0.496 e. The van der Waals surface area contributed by atoms with Crippen molar-refractivity contribution in [1.82, 2.24) is 0 Å². The highest BCUT2D eigenvalue weighted by Gasteiger charge is 2.06. The quantitative estimate of drug-likeness (QED) is 0.667. The van der Waals surface area contributed by atoms with Crippen molar-refractivity contribution in [2.75, 3.05) is 12.5 Å². The minimum absolute atomic E-state index is 0.836. The highest BCUT2D eigenvalue weighted by Crippen LogP contribution is 2.20. The second kappa shape index (κ2) is 6.24. The van der Waals surface area contributed by atoms with E-state index in [-0.39, 0.29) is 0 Å². The van der Waals surface area contributed by atoms with Crippen molar-refractivity contribution >= 4 is 11.4 Å². The average Bonchev–Trinajstić information content (AvgIpc) is 2.45. The van der Waals surface area contributed by atoms with Gasteiger partial charge in [-0.3, -0.25) is 5.43 Å². The van der Waals surface area contributed by atoms with Crippen LogP contribution >= 0.6 is 0 Å². The molecule has 0 aliphatic rings. The summed E-state index contributed by atoms with van der Waals surface area (Å²) in [5.41, 5.74) is 8.36. The van der Waals surface area contributed by atoms with E-state index in [1.807, 2.05) is 31.2 Å². The fourth-order valence-corrected chi connectivity index (χ4v) is 2.03. The van der Waals surface area contributed by atoms with Crippen LogP contribution in [0.15, 0.2) is 47.6 Å². The summed E-state index contributed by atoms with van der Waals surface area (Å²) in [5.74, 6) is 0.836. The maximum Gasteiger partial charge on any atom is 0.127 e. The fourth-order valence-electron chi connectivity index (χ4n) is 2.03. The number of nitrogens with one attached hydrogen (secondary N) is 1. The Bertz CT molecular complexity index is 633. The fraction of sp³-hybridized carbons (Fsp3) is 0.235. The number of hydrazone groups is 1. The molecule has 0 bridgehead atoms. The van der Waals surface area contributed by atoms with Crippen molar-refractivity contribution in [3.05, 3.63) is 59.2 Å². The molecule has 2 rings (SSSR count). The average molecular weight is 268 g/mol. The maximum atomic E-state index is 5.38. The normalized spacial score (nSPS) is 11.3. The summed E-state index contributed by atoms with van der Waals surface area (Å²) in [6, 6.07) is 14.2. The Morgan fingerprint density at radius 2 is 1.80 bits per heavy atom. The molecule has 0 aromatic heterocycles. The van der Waals surface area contributed by atoms with Crippen molar-refractivity contribution < 1.29 is 4.74 Å². The molecule has 0 aliphatic heterocycles. The van der Waals surface area contributed by atoms with E-state index in [9.17, 15) is 0 Å². The van der Waals surface area contributed by atoms with Gasteiger partial charge in [0.15, 0.2) is 0 Å². The van der Waals surface area contributed by atoms with Gasteiger partial charge in [-0.05, 0) is 50.6 Å². The van der Waals surface area contributed by atoms with E-state index in [2.05, 4.69) is 42.6 Å². The van der Waals surface area contributed by atoms with Gasteiger partial charge in [-0.2, -0.15) is 5.10 Å². The second-order valence-electron chi connectivity index (χ2n) is 4.88. The molecule has 0 heterocycles. The summed E-state index contributed by atoms with van der Waals surface area (Å²) in [6.45, 7) is 6.09. The molecule has 0 saturated carbocycles. The third-order valence-corrected chi connectivity index (χ3v) is 3.12. The SMILES string of the molecule is COc1ccc(C)cc1/C(C)=N\Nc1cccc(C)c1. The van der Waals surface area contributed by atoms with Gasteiger partial charge in [0.2, 0.25) is 0 Å². The van der Waals surface area contributed by atoms with Crippen LogP contribution in [0.5, 0.6) is 5.75 Å². The molecule has 0 unspecified atom stereocenters. The van der Waals surface area contributed by atoms with Gasteiger partial charge in [0.1, 0.15) is 5.75 Å². The second-order valence-corrected chi connectivity index (χ2v) is 4.88. The van der Waals surface area contributed by atoms with Crippen LogP contribution in [0.1, 0.15) is 23.6 Å². The molecule has 0 spiro atoms. The molecule has 2 aromatic carbocycles. The van der Waals surface area contributed by atoms with Crippen molar-refractivity contribution in [2.24, 2.45) is 5.10 Å². The van der Waals surface area contributed by atoms with E-state index in [0.717, 1.165) is 22.7 Å². The van der Waals surface area contributed by atoms with E-state index in [1.165, 1.54) is 11.1 Å². The molecule has 0 radical (unpaired) electrons. The first-order valence-corrected chi connectivity index (χ1v) is 6.62. The first-order valence-electron chi connectivity index (χ1n) is 6.62. The van der Waals surface area contributed by atoms with Crippen molar-refractivity contribution in [3.63, 3.8) is 0 Å². The smallest absolute Gasteiger partial charge is 0.127 e. The molecule has 1 N–H and O–H groups in total. The first-order chi connectivity index (χ1) is 9.60. The van der Waals surface area contributed by atoms with Gasteiger partial charge in [-0.25, -0.2) is 0 Å². The maximum absolute atomic E-state index is 5.38. The zero-order valence-corrected chi connectivity index (χ0v) is 12.4. The lowest BCUT2D eigenvalue weighted by molar-refractivity contribution is 0.414. The molecule has 0 aliphatic carbocycles. The Morgan fingerprint density at radius 3 is 2.50 bits per heavy atom. The van der Waals surface area contributed by atoms with E-state index in [0.29, 0.717) is 0 Å². The van der Waals surface area contributed by atoms with Gasteiger partial charge in [-0.1, -0.05) is 23.8 Å². The van der Waals surface area contributed by atoms with Crippen molar-refractivity contribution in [1.29, 1.82) is 0 Å². The monoisotopic (exact) mass is 268 g/mol. The molecular formula is C17H20N2O. The van der Waals surface area contributed by atoms with Crippen LogP contribution in [-0.4, -0.2) is 12.8 Å². The standard InChI is InChI=1S/C17H20N2O/c1-12-6-5-7-15(10-12)19-18-14(3)16-11-13(2)8-9-17(16)20-4/h5-11,19H,1-4H3/b18-14-. The molecule has 2 aromatic rings. The number of rotatable bonds is 4. The minimum atomic E-state index is 0.836. The summed E-state index contributed by atoms with van der Waals surface area (Å²) in [7, 11) is 1.68. The summed E-state index contributed by atoms with van der Waals surface area (Å²) in [6.07, 6.45) is 0. The predicted octanol–water partition coefficient (Wildman–Crippen LogP) is 4.15. The Kier molecular flexibility index (Phi) is 4.41. The first kappa shape index (κ1) is 14.1. The zero-order chi connectivity index (χ0) is 14.5. The molecule has 104 valence electrons. The number of anilines is 1. The Balaban J connectivity index is 2.24. The zero-order valence-electron chi connectivity index (χ0n) is 12.4. The Morgan fingerprint density at radius 1 is 1.05 bits per heavy atom.